The Morgan fingerprint density at radius 1 is 1.10 bits per heavy atom. The molecule has 4 atom stereocenters. The molecular formula is C21H29NO8. The highest BCUT2D eigenvalue weighted by Crippen LogP contribution is 2.37. The summed E-state index contributed by atoms with van der Waals surface area (Å²) in [6, 6.07) is 8.06. The maximum absolute atomic E-state index is 12.5. The van der Waals surface area contributed by atoms with Crippen molar-refractivity contribution in [2.24, 2.45) is 0 Å². The van der Waals surface area contributed by atoms with Gasteiger partial charge < -0.3 is 33.7 Å². The molecule has 0 aliphatic carbocycles. The lowest BCUT2D eigenvalue weighted by Crippen LogP contribution is -2.55. The molecule has 0 spiro atoms. The molecule has 2 aliphatic heterocycles. The Kier molecular flexibility index (Phi) is 6.66. The molecule has 3 rings (SSSR count). The van der Waals surface area contributed by atoms with Gasteiger partial charge >= 0.3 is 12.1 Å². The fraction of sp³-hybridized carbons (Fsp3) is 0.619. The number of carbonyl (C=O) groups is 2. The van der Waals surface area contributed by atoms with E-state index < -0.39 is 48.0 Å². The van der Waals surface area contributed by atoms with Gasteiger partial charge in [-0.3, -0.25) is 0 Å². The molecule has 0 aromatic heterocycles. The zero-order valence-electron chi connectivity index (χ0n) is 17.9. The van der Waals surface area contributed by atoms with Crippen LogP contribution in [0.25, 0.3) is 0 Å². The summed E-state index contributed by atoms with van der Waals surface area (Å²) in [6.07, 6.45) is -2.79. The van der Waals surface area contributed by atoms with Crippen LogP contribution in [0, 0.1) is 0 Å². The summed E-state index contributed by atoms with van der Waals surface area (Å²) in [5.41, 5.74) is 0.820. The van der Waals surface area contributed by atoms with Gasteiger partial charge in [0.15, 0.2) is 17.6 Å². The summed E-state index contributed by atoms with van der Waals surface area (Å²) in [5.74, 6) is -2.46. The number of amides is 1. The minimum absolute atomic E-state index is 0.0608. The zero-order valence-corrected chi connectivity index (χ0v) is 17.9. The van der Waals surface area contributed by atoms with Gasteiger partial charge in [-0.25, -0.2) is 9.59 Å². The lowest BCUT2D eigenvalue weighted by Gasteiger charge is -2.28. The minimum Gasteiger partial charge on any atom is -0.467 e. The molecule has 166 valence electrons. The molecule has 1 aromatic carbocycles. The third-order valence-corrected chi connectivity index (χ3v) is 4.83. The van der Waals surface area contributed by atoms with Crippen LogP contribution in [0.1, 0.15) is 33.3 Å². The van der Waals surface area contributed by atoms with Crippen molar-refractivity contribution in [1.82, 2.24) is 5.32 Å². The van der Waals surface area contributed by atoms with Crippen molar-refractivity contribution in [3.8, 4) is 0 Å². The van der Waals surface area contributed by atoms with Crippen molar-refractivity contribution in [2.75, 3.05) is 13.7 Å². The van der Waals surface area contributed by atoms with Gasteiger partial charge in [-0.2, -0.15) is 0 Å². The number of ether oxygens (including phenoxy) is 6. The van der Waals surface area contributed by atoms with E-state index in [1.165, 1.54) is 7.11 Å². The van der Waals surface area contributed by atoms with E-state index in [0.717, 1.165) is 5.56 Å². The minimum atomic E-state index is -1.16. The molecule has 2 aliphatic rings. The van der Waals surface area contributed by atoms with E-state index in [1.54, 1.807) is 27.7 Å². The molecule has 0 saturated carbocycles. The highest BCUT2D eigenvalue weighted by molar-refractivity contribution is 5.82. The molecule has 0 radical (unpaired) electrons. The second-order valence-electron chi connectivity index (χ2n) is 8.14. The predicted molar refractivity (Wildman–Crippen MR) is 104 cm³/mol. The molecule has 1 amide bonds. The summed E-state index contributed by atoms with van der Waals surface area (Å²) >= 11 is 0. The molecule has 2 saturated heterocycles. The first-order chi connectivity index (χ1) is 14.1. The first kappa shape index (κ1) is 22.5. The number of methoxy groups -OCH3 is 1. The van der Waals surface area contributed by atoms with E-state index in [2.05, 4.69) is 5.32 Å². The highest BCUT2D eigenvalue weighted by atomic mass is 16.8. The van der Waals surface area contributed by atoms with E-state index in [4.69, 9.17) is 28.4 Å². The van der Waals surface area contributed by atoms with Crippen LogP contribution in [0.3, 0.4) is 0 Å². The molecule has 2 fully saturated rings. The Balaban J connectivity index is 1.72. The van der Waals surface area contributed by atoms with Crippen LogP contribution in [0.2, 0.25) is 0 Å². The maximum Gasteiger partial charge on any atom is 0.408 e. The van der Waals surface area contributed by atoms with Gasteiger partial charge in [0.05, 0.1) is 13.7 Å². The topological polar surface area (TPSA) is 102 Å². The average molecular weight is 423 g/mol. The predicted octanol–water partition coefficient (Wildman–Crippen LogP) is 2.13. The lowest BCUT2D eigenvalue weighted by molar-refractivity contribution is -0.175. The van der Waals surface area contributed by atoms with E-state index in [0.29, 0.717) is 0 Å². The second kappa shape index (κ2) is 8.89. The van der Waals surface area contributed by atoms with Crippen LogP contribution in [-0.2, 0) is 39.8 Å². The number of esters is 1. The molecule has 0 bridgehead atoms. The Bertz CT molecular complexity index is 751. The number of carbonyl (C=O) groups excluding carboxylic acids is 2. The van der Waals surface area contributed by atoms with Crippen molar-refractivity contribution < 1.29 is 38.0 Å². The van der Waals surface area contributed by atoms with Crippen molar-refractivity contribution in [3.63, 3.8) is 0 Å². The first-order valence-corrected chi connectivity index (χ1v) is 9.83. The van der Waals surface area contributed by atoms with Crippen LogP contribution in [0.5, 0.6) is 0 Å². The first-order valence-electron chi connectivity index (χ1n) is 9.83. The van der Waals surface area contributed by atoms with Gasteiger partial charge in [0.2, 0.25) is 0 Å². The van der Waals surface area contributed by atoms with Gasteiger partial charge in [-0.15, -0.1) is 0 Å². The SMILES string of the molecule is COC(=O)[C@@H](NC(=O)OCc1ccccc1)[C@H]1OC(C)(C)O[C@@H]1[C@H]1COC(C)(C)O1. The second-order valence-corrected chi connectivity index (χ2v) is 8.14. The number of hydrogen-bond acceptors (Lipinski definition) is 8. The van der Waals surface area contributed by atoms with Crippen LogP contribution in [-0.4, -0.2) is 61.7 Å². The molecule has 1 aromatic rings. The molecule has 1 N–H and O–H groups in total. The van der Waals surface area contributed by atoms with Crippen LogP contribution < -0.4 is 5.32 Å². The number of rotatable bonds is 6. The summed E-state index contributed by atoms with van der Waals surface area (Å²) < 4.78 is 33.6. The molecular weight excluding hydrogens is 394 g/mol. The Morgan fingerprint density at radius 3 is 2.40 bits per heavy atom. The monoisotopic (exact) mass is 423 g/mol. The van der Waals surface area contributed by atoms with Gasteiger partial charge in [-0.05, 0) is 33.3 Å². The smallest absolute Gasteiger partial charge is 0.408 e. The fourth-order valence-corrected chi connectivity index (χ4v) is 3.53. The maximum atomic E-state index is 12.5. The van der Waals surface area contributed by atoms with E-state index in [-0.39, 0.29) is 13.2 Å². The summed E-state index contributed by atoms with van der Waals surface area (Å²) in [4.78, 5) is 24.9. The Labute approximate surface area is 175 Å². The zero-order chi connectivity index (χ0) is 21.9. The largest absolute Gasteiger partial charge is 0.467 e. The summed E-state index contributed by atoms with van der Waals surface area (Å²) in [5, 5.41) is 2.55. The van der Waals surface area contributed by atoms with Crippen molar-refractivity contribution in [2.45, 2.75) is 70.2 Å². The fourth-order valence-electron chi connectivity index (χ4n) is 3.53. The van der Waals surface area contributed by atoms with Gasteiger partial charge in [-0.1, -0.05) is 30.3 Å². The molecule has 9 heteroatoms. The van der Waals surface area contributed by atoms with E-state index in [1.807, 2.05) is 30.3 Å². The highest BCUT2D eigenvalue weighted by Gasteiger charge is 2.54. The van der Waals surface area contributed by atoms with Gasteiger partial charge in [0.1, 0.15) is 24.9 Å². The third-order valence-electron chi connectivity index (χ3n) is 4.83. The number of hydrogen-bond donors (Lipinski definition) is 1. The number of benzene rings is 1. The average Bonchev–Trinajstić information content (AvgIpc) is 3.22. The van der Waals surface area contributed by atoms with Crippen LogP contribution >= 0.6 is 0 Å². The van der Waals surface area contributed by atoms with Crippen molar-refractivity contribution in [3.05, 3.63) is 35.9 Å². The standard InChI is InChI=1S/C21H29NO8/c1-20(2)27-12-14(28-20)16-17(30-21(3,4)29-16)15(18(23)25-5)22-19(24)26-11-13-9-7-6-8-10-13/h6-10,14-17H,11-12H2,1-5H3,(H,22,24)/t14-,15+,16-,17-/m1/s1. The molecule has 0 unspecified atom stereocenters. The van der Waals surface area contributed by atoms with Crippen LogP contribution in [0.15, 0.2) is 30.3 Å². The lowest BCUT2D eigenvalue weighted by atomic mass is 10.0. The normalized spacial score (nSPS) is 28.0. The van der Waals surface area contributed by atoms with E-state index >= 15 is 0 Å². The van der Waals surface area contributed by atoms with Crippen LogP contribution in [0.4, 0.5) is 4.79 Å². The quantitative estimate of drug-likeness (QED) is 0.695. The van der Waals surface area contributed by atoms with E-state index in [9.17, 15) is 9.59 Å². The molecule has 30 heavy (non-hydrogen) atoms. The number of alkyl carbamates (subject to hydrolysis) is 1. The van der Waals surface area contributed by atoms with Gasteiger partial charge in [0.25, 0.3) is 0 Å². The number of nitrogens with one attached hydrogen (secondary N) is 1. The summed E-state index contributed by atoms with van der Waals surface area (Å²) in [7, 11) is 1.24. The third kappa shape index (κ3) is 5.48. The molecule has 2 heterocycles. The van der Waals surface area contributed by atoms with Crippen molar-refractivity contribution in [1.29, 1.82) is 0 Å². The Hall–Kier alpha value is -2.20. The molecule has 9 nitrogen and oxygen atoms in total. The Morgan fingerprint density at radius 2 is 1.80 bits per heavy atom. The van der Waals surface area contributed by atoms with Crippen molar-refractivity contribution >= 4 is 12.1 Å². The van der Waals surface area contributed by atoms with Gasteiger partial charge in [0, 0.05) is 0 Å². The summed E-state index contributed by atoms with van der Waals surface area (Å²) in [6.45, 7) is 7.36.